The minimum Gasteiger partial charge on any atom is -0.463 e. The van der Waals surface area contributed by atoms with Crippen LogP contribution in [0, 0.1) is 23.7 Å². The van der Waals surface area contributed by atoms with Gasteiger partial charge in [-0.15, -0.1) is 0 Å². The Hall–Kier alpha value is -1.90. The van der Waals surface area contributed by atoms with Crippen molar-refractivity contribution in [3.05, 3.63) is 41.5 Å². The summed E-state index contributed by atoms with van der Waals surface area (Å²) in [5.74, 6) is 0.961. The number of rotatable bonds is 3. The van der Waals surface area contributed by atoms with E-state index in [0.29, 0.717) is 29.6 Å². The number of esters is 1. The third-order valence-electron chi connectivity index (χ3n) is 5.63. The molecule has 4 rings (SSSR count). The average Bonchev–Trinajstić information content (AvgIpc) is 3.20. The number of Topliss-reactive ketones (excluding diaryl/α,β-unsaturated/α-hetero) is 1. The Morgan fingerprint density at radius 3 is 2.50 bits per heavy atom. The molecule has 3 aliphatic rings. The molecule has 2 bridgehead atoms. The van der Waals surface area contributed by atoms with Crippen molar-refractivity contribution in [3.63, 3.8) is 0 Å². The van der Waals surface area contributed by atoms with Crippen molar-refractivity contribution in [1.82, 2.24) is 0 Å². The van der Waals surface area contributed by atoms with Gasteiger partial charge in [-0.2, -0.15) is 0 Å². The maximum Gasteiger partial charge on any atom is 0.335 e. The summed E-state index contributed by atoms with van der Waals surface area (Å²) in [5, 5.41) is 0. The lowest BCUT2D eigenvalue weighted by Crippen LogP contribution is -2.26. The summed E-state index contributed by atoms with van der Waals surface area (Å²) in [6.45, 7) is 2.17. The first-order chi connectivity index (χ1) is 10.7. The predicted molar refractivity (Wildman–Crippen MR) is 82.8 cm³/mol. The maximum absolute atomic E-state index is 13.0. The SMILES string of the molecule is CCOC(=O)C1=C(c2ccccc2)C(=O)[C@@H]2[C@H]3CC[C@H](C3)[C@H]12. The van der Waals surface area contributed by atoms with Gasteiger partial charge in [0.15, 0.2) is 5.78 Å². The lowest BCUT2D eigenvalue weighted by atomic mass is 9.78. The van der Waals surface area contributed by atoms with E-state index in [1.165, 1.54) is 0 Å². The van der Waals surface area contributed by atoms with Crippen molar-refractivity contribution in [1.29, 1.82) is 0 Å². The highest BCUT2D eigenvalue weighted by Crippen LogP contribution is 2.60. The minimum atomic E-state index is -0.283. The third-order valence-corrected chi connectivity index (χ3v) is 5.63. The number of fused-ring (bicyclic) bond motifs is 5. The maximum atomic E-state index is 13.0. The molecule has 3 heteroatoms. The predicted octanol–water partition coefficient (Wildman–Crippen LogP) is 3.25. The van der Waals surface area contributed by atoms with Gasteiger partial charge < -0.3 is 4.74 Å². The van der Waals surface area contributed by atoms with E-state index in [-0.39, 0.29) is 23.6 Å². The van der Waals surface area contributed by atoms with E-state index in [1.54, 1.807) is 0 Å². The summed E-state index contributed by atoms with van der Waals surface area (Å²) in [5.41, 5.74) is 2.16. The zero-order valence-corrected chi connectivity index (χ0v) is 12.7. The molecule has 114 valence electrons. The van der Waals surface area contributed by atoms with Crippen molar-refractivity contribution >= 4 is 17.3 Å². The molecule has 0 spiro atoms. The van der Waals surface area contributed by atoms with Crippen LogP contribution in [0.2, 0.25) is 0 Å². The largest absolute Gasteiger partial charge is 0.463 e. The van der Waals surface area contributed by atoms with Crippen molar-refractivity contribution < 1.29 is 14.3 Å². The quantitative estimate of drug-likeness (QED) is 0.804. The van der Waals surface area contributed by atoms with Gasteiger partial charge >= 0.3 is 5.97 Å². The topological polar surface area (TPSA) is 43.4 Å². The lowest BCUT2D eigenvalue weighted by Gasteiger charge is -2.25. The van der Waals surface area contributed by atoms with Gasteiger partial charge in [0.25, 0.3) is 0 Å². The summed E-state index contributed by atoms with van der Waals surface area (Å²) < 4.78 is 5.29. The standard InChI is InChI=1S/C19H20O3/c1-2-22-19(21)17-14-12-8-9-13(10-12)16(14)18(20)15(17)11-6-4-3-5-7-11/h3-7,12-14,16H,2,8-10H2,1H3/t12-,13+,14+,16-/m1/s1. The number of benzene rings is 1. The smallest absolute Gasteiger partial charge is 0.335 e. The van der Waals surface area contributed by atoms with Crippen LogP contribution in [0.4, 0.5) is 0 Å². The van der Waals surface area contributed by atoms with Crippen LogP contribution >= 0.6 is 0 Å². The van der Waals surface area contributed by atoms with Crippen LogP contribution in [-0.4, -0.2) is 18.4 Å². The number of hydrogen-bond acceptors (Lipinski definition) is 3. The van der Waals surface area contributed by atoms with E-state index in [4.69, 9.17) is 4.74 Å². The van der Waals surface area contributed by atoms with E-state index in [0.717, 1.165) is 24.8 Å². The van der Waals surface area contributed by atoms with Gasteiger partial charge in [0.2, 0.25) is 0 Å². The molecule has 3 aliphatic carbocycles. The van der Waals surface area contributed by atoms with Crippen LogP contribution in [-0.2, 0) is 14.3 Å². The second kappa shape index (κ2) is 5.08. The van der Waals surface area contributed by atoms with E-state index in [9.17, 15) is 9.59 Å². The highest BCUT2D eigenvalue weighted by Gasteiger charge is 2.58. The lowest BCUT2D eigenvalue weighted by molar-refractivity contribution is -0.139. The number of allylic oxidation sites excluding steroid dienone is 1. The summed E-state index contributed by atoms with van der Waals surface area (Å²) in [4.78, 5) is 25.6. The fraction of sp³-hybridized carbons (Fsp3) is 0.474. The summed E-state index contributed by atoms with van der Waals surface area (Å²) in [7, 11) is 0. The molecule has 0 heterocycles. The molecule has 0 aromatic heterocycles. The number of carbonyl (C=O) groups is 2. The van der Waals surface area contributed by atoms with E-state index in [1.807, 2.05) is 37.3 Å². The third kappa shape index (κ3) is 1.81. The van der Waals surface area contributed by atoms with E-state index < -0.39 is 0 Å². The molecule has 0 radical (unpaired) electrons. The normalized spacial score (nSPS) is 32.5. The van der Waals surface area contributed by atoms with Crippen LogP contribution in [0.15, 0.2) is 35.9 Å². The highest BCUT2D eigenvalue weighted by atomic mass is 16.5. The van der Waals surface area contributed by atoms with Crippen LogP contribution < -0.4 is 0 Å². The molecule has 4 atom stereocenters. The van der Waals surface area contributed by atoms with Gasteiger partial charge in [-0.1, -0.05) is 30.3 Å². The van der Waals surface area contributed by atoms with Gasteiger partial charge in [-0.3, -0.25) is 4.79 Å². The number of hydrogen-bond donors (Lipinski definition) is 0. The fourth-order valence-electron chi connectivity index (χ4n) is 4.90. The molecule has 0 unspecified atom stereocenters. The molecule has 2 fully saturated rings. The van der Waals surface area contributed by atoms with Crippen molar-refractivity contribution in [2.24, 2.45) is 23.7 Å². The molecule has 0 aliphatic heterocycles. The van der Waals surface area contributed by atoms with Gasteiger partial charge in [-0.25, -0.2) is 4.79 Å². The van der Waals surface area contributed by atoms with Crippen LogP contribution in [0.25, 0.3) is 5.57 Å². The van der Waals surface area contributed by atoms with Crippen molar-refractivity contribution in [2.45, 2.75) is 26.2 Å². The monoisotopic (exact) mass is 296 g/mol. The Kier molecular flexibility index (Phi) is 3.17. The Balaban J connectivity index is 1.85. The first-order valence-electron chi connectivity index (χ1n) is 8.23. The van der Waals surface area contributed by atoms with Gasteiger partial charge in [-0.05, 0) is 43.6 Å². The zero-order chi connectivity index (χ0) is 15.3. The summed E-state index contributed by atoms with van der Waals surface area (Å²) in [6, 6.07) is 9.62. The molecule has 3 nitrogen and oxygen atoms in total. The second-order valence-electron chi connectivity index (χ2n) is 6.62. The molecule has 0 N–H and O–H groups in total. The molecule has 0 amide bonds. The Labute approximate surface area is 130 Å². The first-order valence-corrected chi connectivity index (χ1v) is 8.23. The van der Waals surface area contributed by atoms with Crippen LogP contribution in [0.5, 0.6) is 0 Å². The average molecular weight is 296 g/mol. The molecule has 0 saturated heterocycles. The first kappa shape index (κ1) is 13.7. The number of ketones is 1. The Morgan fingerprint density at radius 2 is 1.82 bits per heavy atom. The molecule has 2 saturated carbocycles. The van der Waals surface area contributed by atoms with Gasteiger partial charge in [0.05, 0.1) is 12.2 Å². The van der Waals surface area contributed by atoms with Gasteiger partial charge in [0.1, 0.15) is 0 Å². The Bertz CT molecular complexity index is 659. The molecule has 1 aromatic rings. The molecular formula is C19H20O3. The molecular weight excluding hydrogens is 276 g/mol. The zero-order valence-electron chi connectivity index (χ0n) is 12.7. The molecule has 1 aromatic carbocycles. The molecule has 22 heavy (non-hydrogen) atoms. The summed E-state index contributed by atoms with van der Waals surface area (Å²) in [6.07, 6.45) is 3.38. The summed E-state index contributed by atoms with van der Waals surface area (Å²) >= 11 is 0. The van der Waals surface area contributed by atoms with E-state index >= 15 is 0 Å². The number of ether oxygens (including phenoxy) is 1. The van der Waals surface area contributed by atoms with Crippen LogP contribution in [0.3, 0.4) is 0 Å². The van der Waals surface area contributed by atoms with Crippen LogP contribution in [0.1, 0.15) is 31.7 Å². The van der Waals surface area contributed by atoms with E-state index in [2.05, 4.69) is 0 Å². The van der Waals surface area contributed by atoms with Gasteiger partial charge in [0, 0.05) is 17.4 Å². The fourth-order valence-corrected chi connectivity index (χ4v) is 4.90. The minimum absolute atomic E-state index is 0.0216. The Morgan fingerprint density at radius 1 is 1.14 bits per heavy atom. The van der Waals surface area contributed by atoms with Crippen molar-refractivity contribution in [3.8, 4) is 0 Å². The number of carbonyl (C=O) groups excluding carboxylic acids is 2. The van der Waals surface area contributed by atoms with Crippen molar-refractivity contribution in [2.75, 3.05) is 6.61 Å². The highest BCUT2D eigenvalue weighted by molar-refractivity contribution is 6.30. The second-order valence-corrected chi connectivity index (χ2v) is 6.62.